The molecule has 0 unspecified atom stereocenters. The van der Waals surface area contributed by atoms with Crippen molar-refractivity contribution in [2.45, 2.75) is 59.3 Å². The van der Waals surface area contributed by atoms with E-state index in [-0.39, 0.29) is 5.41 Å². The van der Waals surface area contributed by atoms with Crippen LogP contribution in [0.4, 0.5) is 0 Å². The van der Waals surface area contributed by atoms with Gasteiger partial charge in [-0.05, 0) is 54.8 Å². The smallest absolute Gasteiger partial charge is 0.0690 e. The average Bonchev–Trinajstić information content (AvgIpc) is 1.94. The maximum absolute atomic E-state index is 9.52. The highest BCUT2D eigenvalue weighted by Crippen LogP contribution is 2.73. The fraction of sp³-hybridized carbons (Fsp3) is 0.929. The molecule has 1 nitrogen and oxygen atoms in total. The standard InChI is InChI=1S/C14H21N/c1-11-4-12(2)6-13(3,5-11)9-14(7-11,8-12)10-15/h4-9H2,1-3H3. The Balaban J connectivity index is 2.11. The SMILES string of the molecule is CC12CC3(C)CC(C)(C1)CC(C#N)(C2)C3. The molecule has 4 aliphatic rings. The van der Waals surface area contributed by atoms with Crippen molar-refractivity contribution in [3.8, 4) is 6.07 Å². The van der Waals surface area contributed by atoms with Crippen LogP contribution in [-0.2, 0) is 0 Å². The highest BCUT2D eigenvalue weighted by Gasteiger charge is 2.64. The fourth-order valence-corrected chi connectivity index (χ4v) is 6.41. The zero-order valence-corrected chi connectivity index (χ0v) is 10.2. The Bertz CT molecular complexity index is 308. The summed E-state index contributed by atoms with van der Waals surface area (Å²) in [4.78, 5) is 0. The van der Waals surface area contributed by atoms with Gasteiger partial charge in [-0.3, -0.25) is 0 Å². The third-order valence-corrected chi connectivity index (χ3v) is 5.09. The largest absolute Gasteiger partial charge is 0.198 e. The van der Waals surface area contributed by atoms with Crippen molar-refractivity contribution in [2.24, 2.45) is 21.7 Å². The molecule has 0 heterocycles. The zero-order chi connectivity index (χ0) is 10.9. The first kappa shape index (κ1) is 9.70. The quantitative estimate of drug-likeness (QED) is 0.586. The normalized spacial score (nSPS) is 61.7. The van der Waals surface area contributed by atoms with Gasteiger partial charge in [-0.1, -0.05) is 20.8 Å². The van der Waals surface area contributed by atoms with Crippen molar-refractivity contribution in [2.75, 3.05) is 0 Å². The van der Waals surface area contributed by atoms with Gasteiger partial charge in [0.25, 0.3) is 0 Å². The van der Waals surface area contributed by atoms with Crippen LogP contribution >= 0.6 is 0 Å². The van der Waals surface area contributed by atoms with Crippen LogP contribution in [0.3, 0.4) is 0 Å². The molecule has 82 valence electrons. The van der Waals surface area contributed by atoms with Gasteiger partial charge in [0.15, 0.2) is 0 Å². The van der Waals surface area contributed by atoms with E-state index in [0.29, 0.717) is 16.2 Å². The number of rotatable bonds is 0. The van der Waals surface area contributed by atoms with Crippen LogP contribution in [-0.4, -0.2) is 0 Å². The first-order valence-corrected chi connectivity index (χ1v) is 6.22. The van der Waals surface area contributed by atoms with Crippen molar-refractivity contribution < 1.29 is 0 Å². The fourth-order valence-electron chi connectivity index (χ4n) is 6.41. The van der Waals surface area contributed by atoms with Crippen molar-refractivity contribution in [3.05, 3.63) is 0 Å². The monoisotopic (exact) mass is 203 g/mol. The first-order chi connectivity index (χ1) is 6.80. The molecule has 4 saturated carbocycles. The summed E-state index contributed by atoms with van der Waals surface area (Å²) in [5.41, 5.74) is 1.43. The Hall–Kier alpha value is -0.510. The molecule has 0 saturated heterocycles. The van der Waals surface area contributed by atoms with E-state index in [4.69, 9.17) is 0 Å². The van der Waals surface area contributed by atoms with Crippen LogP contribution in [0.2, 0.25) is 0 Å². The second-order valence-corrected chi connectivity index (χ2v) is 7.88. The molecule has 0 aromatic heterocycles. The van der Waals surface area contributed by atoms with Crippen molar-refractivity contribution in [3.63, 3.8) is 0 Å². The van der Waals surface area contributed by atoms with Gasteiger partial charge < -0.3 is 0 Å². The highest BCUT2D eigenvalue weighted by atomic mass is 14.7. The minimum Gasteiger partial charge on any atom is -0.198 e. The summed E-state index contributed by atoms with van der Waals surface area (Å²) in [6.07, 6.45) is 7.59. The van der Waals surface area contributed by atoms with Gasteiger partial charge in [0, 0.05) is 0 Å². The predicted molar refractivity (Wildman–Crippen MR) is 60.1 cm³/mol. The molecular weight excluding hydrogens is 182 g/mol. The lowest BCUT2D eigenvalue weighted by Crippen LogP contribution is -2.58. The maximum Gasteiger partial charge on any atom is 0.0690 e. The van der Waals surface area contributed by atoms with Crippen LogP contribution in [0.25, 0.3) is 0 Å². The van der Waals surface area contributed by atoms with E-state index in [1.54, 1.807) is 0 Å². The second kappa shape index (κ2) is 2.26. The number of nitrogens with zero attached hydrogens (tertiary/aromatic N) is 1. The van der Waals surface area contributed by atoms with E-state index < -0.39 is 0 Å². The van der Waals surface area contributed by atoms with Crippen LogP contribution in [0.1, 0.15) is 59.3 Å². The van der Waals surface area contributed by atoms with Crippen LogP contribution in [0.15, 0.2) is 0 Å². The Kier molecular flexibility index (Phi) is 1.46. The van der Waals surface area contributed by atoms with E-state index in [1.807, 2.05) is 0 Å². The molecular formula is C14H21N. The lowest BCUT2D eigenvalue weighted by molar-refractivity contribution is -0.162. The van der Waals surface area contributed by atoms with Gasteiger partial charge in [0.2, 0.25) is 0 Å². The molecule has 0 aliphatic heterocycles. The molecule has 0 aromatic rings. The van der Waals surface area contributed by atoms with Crippen molar-refractivity contribution in [1.29, 1.82) is 5.26 Å². The molecule has 4 rings (SSSR count). The highest BCUT2D eigenvalue weighted by molar-refractivity contribution is 5.20. The van der Waals surface area contributed by atoms with Crippen LogP contribution in [0.5, 0.6) is 0 Å². The Morgan fingerprint density at radius 1 is 0.733 bits per heavy atom. The van der Waals surface area contributed by atoms with Gasteiger partial charge in [-0.2, -0.15) is 5.26 Å². The molecule has 4 fully saturated rings. The maximum atomic E-state index is 9.52. The lowest BCUT2D eigenvalue weighted by atomic mass is 9.37. The summed E-state index contributed by atoms with van der Waals surface area (Å²) in [6, 6.07) is 2.69. The number of nitriles is 1. The van der Waals surface area contributed by atoms with Crippen molar-refractivity contribution >= 4 is 0 Å². The lowest BCUT2D eigenvalue weighted by Gasteiger charge is -2.67. The molecule has 4 bridgehead atoms. The van der Waals surface area contributed by atoms with Crippen LogP contribution < -0.4 is 0 Å². The Morgan fingerprint density at radius 2 is 1.07 bits per heavy atom. The van der Waals surface area contributed by atoms with E-state index in [2.05, 4.69) is 26.8 Å². The topological polar surface area (TPSA) is 23.8 Å². The molecule has 1 heteroatoms. The van der Waals surface area contributed by atoms with Gasteiger partial charge in [-0.15, -0.1) is 0 Å². The molecule has 0 radical (unpaired) electrons. The Morgan fingerprint density at radius 3 is 1.33 bits per heavy atom. The molecule has 0 aromatic carbocycles. The zero-order valence-electron chi connectivity index (χ0n) is 10.2. The van der Waals surface area contributed by atoms with Gasteiger partial charge in [0.1, 0.15) is 0 Å². The van der Waals surface area contributed by atoms with Gasteiger partial charge >= 0.3 is 0 Å². The van der Waals surface area contributed by atoms with E-state index >= 15 is 0 Å². The summed E-state index contributed by atoms with van der Waals surface area (Å²) < 4.78 is 0. The molecule has 0 N–H and O–H groups in total. The molecule has 0 amide bonds. The third-order valence-electron chi connectivity index (χ3n) is 5.09. The third kappa shape index (κ3) is 1.20. The van der Waals surface area contributed by atoms with Gasteiger partial charge in [-0.25, -0.2) is 0 Å². The summed E-state index contributed by atoms with van der Waals surface area (Å²) in [6.45, 7) is 7.27. The van der Waals surface area contributed by atoms with E-state index in [1.165, 1.54) is 38.5 Å². The molecule has 4 aliphatic carbocycles. The number of hydrogen-bond acceptors (Lipinski definition) is 1. The molecule has 0 atom stereocenters. The summed E-state index contributed by atoms with van der Waals surface area (Å²) in [7, 11) is 0. The average molecular weight is 203 g/mol. The molecule has 0 spiro atoms. The van der Waals surface area contributed by atoms with E-state index in [0.717, 1.165) is 0 Å². The molecule has 15 heavy (non-hydrogen) atoms. The van der Waals surface area contributed by atoms with E-state index in [9.17, 15) is 5.26 Å². The second-order valence-electron chi connectivity index (χ2n) is 7.88. The van der Waals surface area contributed by atoms with Crippen molar-refractivity contribution in [1.82, 2.24) is 0 Å². The first-order valence-electron chi connectivity index (χ1n) is 6.22. The summed E-state index contributed by atoms with van der Waals surface area (Å²) >= 11 is 0. The Labute approximate surface area is 92.9 Å². The number of hydrogen-bond donors (Lipinski definition) is 0. The van der Waals surface area contributed by atoms with Crippen LogP contribution in [0, 0.1) is 33.0 Å². The predicted octanol–water partition coefficient (Wildman–Crippen LogP) is 3.90. The van der Waals surface area contributed by atoms with Gasteiger partial charge in [0.05, 0.1) is 11.5 Å². The minimum atomic E-state index is 0.0347. The minimum absolute atomic E-state index is 0.0347. The summed E-state index contributed by atoms with van der Waals surface area (Å²) in [5.74, 6) is 0. The summed E-state index contributed by atoms with van der Waals surface area (Å²) in [5, 5.41) is 9.52.